The van der Waals surface area contributed by atoms with E-state index in [-0.39, 0.29) is 0 Å². The van der Waals surface area contributed by atoms with Crippen LogP contribution in [-0.4, -0.2) is 18.0 Å². The van der Waals surface area contributed by atoms with Crippen molar-refractivity contribution in [1.29, 1.82) is 0 Å². The Morgan fingerprint density at radius 1 is 1.31 bits per heavy atom. The summed E-state index contributed by atoms with van der Waals surface area (Å²) in [6.07, 6.45) is 2.73. The van der Waals surface area contributed by atoms with Crippen LogP contribution < -0.4 is 0 Å². The van der Waals surface area contributed by atoms with Crippen molar-refractivity contribution in [2.45, 2.75) is 32.4 Å². The standard InChI is InChI=1S/C13H17Cl2N/c1-9(10-6-7-10)16(2)8-11-12(14)4-3-5-13(11)15/h3-5,9-10H,6-8H2,1-2H3. The predicted molar refractivity (Wildman–Crippen MR) is 70.1 cm³/mol. The van der Waals surface area contributed by atoms with Crippen LogP contribution >= 0.6 is 23.2 Å². The van der Waals surface area contributed by atoms with Crippen molar-refractivity contribution in [3.63, 3.8) is 0 Å². The lowest BCUT2D eigenvalue weighted by molar-refractivity contribution is 0.226. The second-order valence-electron chi connectivity index (χ2n) is 4.69. The van der Waals surface area contributed by atoms with Crippen molar-refractivity contribution in [3.8, 4) is 0 Å². The second-order valence-corrected chi connectivity index (χ2v) is 5.51. The van der Waals surface area contributed by atoms with E-state index in [2.05, 4.69) is 18.9 Å². The molecule has 0 aromatic heterocycles. The van der Waals surface area contributed by atoms with Crippen LogP contribution in [0.3, 0.4) is 0 Å². The molecule has 1 aromatic rings. The topological polar surface area (TPSA) is 3.24 Å². The average Bonchev–Trinajstić information content (AvgIpc) is 3.06. The molecule has 0 saturated heterocycles. The third-order valence-electron chi connectivity index (χ3n) is 3.47. The molecule has 88 valence electrons. The summed E-state index contributed by atoms with van der Waals surface area (Å²) in [5.41, 5.74) is 1.04. The van der Waals surface area contributed by atoms with Crippen molar-refractivity contribution in [1.82, 2.24) is 4.90 Å². The Balaban J connectivity index is 2.07. The summed E-state index contributed by atoms with van der Waals surface area (Å²) in [6.45, 7) is 3.11. The van der Waals surface area contributed by atoms with Crippen LogP contribution in [0.5, 0.6) is 0 Å². The minimum atomic E-state index is 0.618. The van der Waals surface area contributed by atoms with Gasteiger partial charge in [0.1, 0.15) is 0 Å². The smallest absolute Gasteiger partial charge is 0.0465 e. The van der Waals surface area contributed by atoms with E-state index in [4.69, 9.17) is 23.2 Å². The van der Waals surface area contributed by atoms with Crippen LogP contribution in [-0.2, 0) is 6.54 Å². The van der Waals surface area contributed by atoms with Gasteiger partial charge in [0.15, 0.2) is 0 Å². The fraction of sp³-hybridized carbons (Fsp3) is 0.538. The molecule has 0 bridgehead atoms. The minimum absolute atomic E-state index is 0.618. The van der Waals surface area contributed by atoms with E-state index in [0.29, 0.717) is 6.04 Å². The number of hydrogen-bond acceptors (Lipinski definition) is 1. The first kappa shape index (κ1) is 12.2. The van der Waals surface area contributed by atoms with E-state index >= 15 is 0 Å². The first-order valence-corrected chi connectivity index (χ1v) is 6.48. The first-order chi connectivity index (χ1) is 7.59. The van der Waals surface area contributed by atoms with Crippen molar-refractivity contribution >= 4 is 23.2 Å². The molecule has 1 fully saturated rings. The molecule has 2 rings (SSSR count). The van der Waals surface area contributed by atoms with Crippen molar-refractivity contribution in [3.05, 3.63) is 33.8 Å². The van der Waals surface area contributed by atoms with Crippen molar-refractivity contribution in [2.24, 2.45) is 5.92 Å². The van der Waals surface area contributed by atoms with Gasteiger partial charge < -0.3 is 0 Å². The summed E-state index contributed by atoms with van der Waals surface area (Å²) in [7, 11) is 2.14. The molecule has 1 nitrogen and oxygen atoms in total. The monoisotopic (exact) mass is 257 g/mol. The molecule has 1 atom stereocenters. The lowest BCUT2D eigenvalue weighted by Gasteiger charge is -2.25. The fourth-order valence-corrected chi connectivity index (χ4v) is 2.53. The number of hydrogen-bond donors (Lipinski definition) is 0. The maximum atomic E-state index is 6.16. The molecule has 0 spiro atoms. The molecular formula is C13H17Cl2N. The van der Waals surface area contributed by atoms with E-state index in [1.165, 1.54) is 12.8 Å². The fourth-order valence-electron chi connectivity index (χ4n) is 2.02. The third kappa shape index (κ3) is 2.71. The van der Waals surface area contributed by atoms with E-state index in [0.717, 1.165) is 28.1 Å². The summed E-state index contributed by atoms with van der Waals surface area (Å²) in [5, 5.41) is 1.53. The maximum absolute atomic E-state index is 6.16. The van der Waals surface area contributed by atoms with Gasteiger partial charge in [-0.3, -0.25) is 4.90 Å². The van der Waals surface area contributed by atoms with Crippen LogP contribution in [0.4, 0.5) is 0 Å². The highest BCUT2D eigenvalue weighted by Gasteiger charge is 2.30. The predicted octanol–water partition coefficient (Wildman–Crippen LogP) is 4.22. The zero-order valence-electron chi connectivity index (χ0n) is 9.71. The lowest BCUT2D eigenvalue weighted by atomic mass is 10.1. The molecule has 0 N–H and O–H groups in total. The normalized spacial score (nSPS) is 17.8. The molecule has 1 saturated carbocycles. The van der Waals surface area contributed by atoms with Gasteiger partial charge in [0.25, 0.3) is 0 Å². The van der Waals surface area contributed by atoms with E-state index < -0.39 is 0 Å². The van der Waals surface area contributed by atoms with Gasteiger partial charge in [-0.15, -0.1) is 0 Å². The molecule has 1 aliphatic rings. The Morgan fingerprint density at radius 2 is 1.88 bits per heavy atom. The summed E-state index contributed by atoms with van der Waals surface area (Å²) >= 11 is 12.3. The molecule has 3 heteroatoms. The van der Waals surface area contributed by atoms with Gasteiger partial charge in [-0.2, -0.15) is 0 Å². The van der Waals surface area contributed by atoms with Gasteiger partial charge in [-0.1, -0.05) is 29.3 Å². The zero-order valence-corrected chi connectivity index (χ0v) is 11.2. The van der Waals surface area contributed by atoms with Gasteiger partial charge in [0.05, 0.1) is 0 Å². The van der Waals surface area contributed by atoms with Crippen molar-refractivity contribution < 1.29 is 0 Å². The molecule has 1 unspecified atom stereocenters. The highest BCUT2D eigenvalue weighted by Crippen LogP contribution is 2.36. The van der Waals surface area contributed by atoms with Gasteiger partial charge in [-0.05, 0) is 44.9 Å². The third-order valence-corrected chi connectivity index (χ3v) is 4.18. The Labute approximate surface area is 107 Å². The largest absolute Gasteiger partial charge is 0.299 e. The van der Waals surface area contributed by atoms with E-state index in [1.807, 2.05) is 18.2 Å². The number of rotatable bonds is 4. The Morgan fingerprint density at radius 3 is 2.38 bits per heavy atom. The molecule has 1 aliphatic carbocycles. The van der Waals surface area contributed by atoms with Gasteiger partial charge >= 0.3 is 0 Å². The molecule has 16 heavy (non-hydrogen) atoms. The van der Waals surface area contributed by atoms with E-state index in [9.17, 15) is 0 Å². The number of benzene rings is 1. The Kier molecular flexibility index (Phi) is 3.78. The van der Waals surface area contributed by atoms with Crippen LogP contribution in [0.25, 0.3) is 0 Å². The minimum Gasteiger partial charge on any atom is -0.299 e. The van der Waals surface area contributed by atoms with Gasteiger partial charge in [-0.25, -0.2) is 0 Å². The second kappa shape index (κ2) is 4.95. The highest BCUT2D eigenvalue weighted by molar-refractivity contribution is 6.35. The molecule has 0 radical (unpaired) electrons. The van der Waals surface area contributed by atoms with Gasteiger partial charge in [0.2, 0.25) is 0 Å². The van der Waals surface area contributed by atoms with Crippen molar-refractivity contribution in [2.75, 3.05) is 7.05 Å². The number of nitrogens with zero attached hydrogens (tertiary/aromatic N) is 1. The van der Waals surface area contributed by atoms with Crippen LogP contribution in [0, 0.1) is 5.92 Å². The molecule has 1 aromatic carbocycles. The summed E-state index contributed by atoms with van der Waals surface area (Å²) in [5.74, 6) is 0.867. The summed E-state index contributed by atoms with van der Waals surface area (Å²) < 4.78 is 0. The lowest BCUT2D eigenvalue weighted by Crippen LogP contribution is -2.30. The summed E-state index contributed by atoms with van der Waals surface area (Å²) in [6, 6.07) is 6.31. The maximum Gasteiger partial charge on any atom is 0.0465 e. The zero-order chi connectivity index (χ0) is 11.7. The van der Waals surface area contributed by atoms with E-state index in [1.54, 1.807) is 0 Å². The Hall–Kier alpha value is -0.240. The number of halogens is 2. The van der Waals surface area contributed by atoms with Crippen LogP contribution in [0.2, 0.25) is 10.0 Å². The molecule has 0 amide bonds. The average molecular weight is 258 g/mol. The Bertz CT molecular complexity index is 354. The van der Waals surface area contributed by atoms with Gasteiger partial charge in [0, 0.05) is 28.2 Å². The molecular weight excluding hydrogens is 241 g/mol. The first-order valence-electron chi connectivity index (χ1n) is 5.72. The quantitative estimate of drug-likeness (QED) is 0.781. The molecule has 0 heterocycles. The van der Waals surface area contributed by atoms with Crippen LogP contribution in [0.15, 0.2) is 18.2 Å². The highest BCUT2D eigenvalue weighted by atomic mass is 35.5. The van der Waals surface area contributed by atoms with Crippen LogP contribution in [0.1, 0.15) is 25.3 Å². The molecule has 0 aliphatic heterocycles. The SMILES string of the molecule is CC(C1CC1)N(C)Cc1c(Cl)cccc1Cl. The summed E-state index contributed by atoms with van der Waals surface area (Å²) in [4.78, 5) is 2.34.